The SMILES string of the molecule is N=C(N)CCNC(=O)Nc1cccc2ccccc12. The van der Waals surface area contributed by atoms with E-state index in [-0.39, 0.29) is 11.9 Å². The summed E-state index contributed by atoms with van der Waals surface area (Å²) in [5.74, 6) is 0.0606. The summed E-state index contributed by atoms with van der Waals surface area (Å²) in [6, 6.07) is 13.3. The van der Waals surface area contributed by atoms with Gasteiger partial charge in [0.25, 0.3) is 0 Å². The number of fused-ring (bicyclic) bond motifs is 1. The van der Waals surface area contributed by atoms with Crippen LogP contribution in [0.1, 0.15) is 6.42 Å². The number of hydrogen-bond donors (Lipinski definition) is 4. The average Bonchev–Trinajstić information content (AvgIpc) is 2.39. The molecular formula is C14H16N4O. The van der Waals surface area contributed by atoms with E-state index < -0.39 is 0 Å². The van der Waals surface area contributed by atoms with Crippen molar-refractivity contribution in [2.45, 2.75) is 6.42 Å². The van der Waals surface area contributed by atoms with Gasteiger partial charge in [0, 0.05) is 18.4 Å². The lowest BCUT2D eigenvalue weighted by atomic mass is 10.1. The predicted octanol–water partition coefficient (Wildman–Crippen LogP) is 2.29. The maximum atomic E-state index is 11.7. The molecule has 0 aliphatic rings. The lowest BCUT2D eigenvalue weighted by Gasteiger charge is -2.09. The second-order valence-electron chi connectivity index (χ2n) is 4.18. The van der Waals surface area contributed by atoms with Gasteiger partial charge in [-0.1, -0.05) is 36.4 Å². The highest BCUT2D eigenvalue weighted by molar-refractivity contribution is 6.01. The number of urea groups is 1. The van der Waals surface area contributed by atoms with Gasteiger partial charge in [0.05, 0.1) is 11.5 Å². The molecule has 0 aliphatic carbocycles. The van der Waals surface area contributed by atoms with Gasteiger partial charge in [0.1, 0.15) is 0 Å². The summed E-state index contributed by atoms with van der Waals surface area (Å²) in [6.45, 7) is 0.353. The second-order valence-corrected chi connectivity index (χ2v) is 4.18. The van der Waals surface area contributed by atoms with Crippen LogP contribution >= 0.6 is 0 Å². The van der Waals surface area contributed by atoms with E-state index in [2.05, 4.69) is 10.6 Å². The van der Waals surface area contributed by atoms with Gasteiger partial charge in [-0.25, -0.2) is 4.79 Å². The largest absolute Gasteiger partial charge is 0.388 e. The number of nitrogens with one attached hydrogen (secondary N) is 3. The number of anilines is 1. The van der Waals surface area contributed by atoms with Gasteiger partial charge in [-0.05, 0) is 11.5 Å². The van der Waals surface area contributed by atoms with Gasteiger partial charge in [-0.2, -0.15) is 0 Å². The maximum absolute atomic E-state index is 11.7. The quantitative estimate of drug-likeness (QED) is 0.499. The van der Waals surface area contributed by atoms with Crippen LogP contribution in [-0.4, -0.2) is 18.4 Å². The molecule has 0 atom stereocenters. The zero-order valence-electron chi connectivity index (χ0n) is 10.4. The Bertz CT molecular complexity index is 604. The van der Waals surface area contributed by atoms with E-state index in [0.29, 0.717) is 13.0 Å². The first-order valence-electron chi connectivity index (χ1n) is 6.02. The molecule has 2 aromatic carbocycles. The Labute approximate surface area is 111 Å². The molecule has 5 heteroatoms. The van der Waals surface area contributed by atoms with Crippen molar-refractivity contribution < 1.29 is 4.79 Å². The van der Waals surface area contributed by atoms with Crippen LogP contribution in [0.2, 0.25) is 0 Å². The first kappa shape index (κ1) is 12.9. The third-order valence-corrected chi connectivity index (χ3v) is 2.72. The number of amidine groups is 1. The summed E-state index contributed by atoms with van der Waals surface area (Å²) in [6.07, 6.45) is 0.350. The molecule has 0 unspecified atom stereocenters. The number of amides is 2. The van der Waals surface area contributed by atoms with Crippen molar-refractivity contribution >= 4 is 28.3 Å². The Hall–Kier alpha value is -2.56. The molecular weight excluding hydrogens is 240 g/mol. The fourth-order valence-electron chi connectivity index (χ4n) is 1.81. The summed E-state index contributed by atoms with van der Waals surface area (Å²) >= 11 is 0. The van der Waals surface area contributed by atoms with Crippen LogP contribution in [-0.2, 0) is 0 Å². The van der Waals surface area contributed by atoms with Crippen LogP contribution in [0.4, 0.5) is 10.5 Å². The van der Waals surface area contributed by atoms with Crippen molar-refractivity contribution in [2.24, 2.45) is 5.73 Å². The molecule has 2 amide bonds. The molecule has 2 rings (SSSR count). The van der Waals surface area contributed by atoms with Crippen LogP contribution < -0.4 is 16.4 Å². The minimum Gasteiger partial charge on any atom is -0.388 e. The van der Waals surface area contributed by atoms with Crippen LogP contribution in [0, 0.1) is 5.41 Å². The highest BCUT2D eigenvalue weighted by atomic mass is 16.2. The third-order valence-electron chi connectivity index (χ3n) is 2.72. The molecule has 5 N–H and O–H groups in total. The maximum Gasteiger partial charge on any atom is 0.319 e. The molecule has 5 nitrogen and oxygen atoms in total. The molecule has 0 saturated heterocycles. The van der Waals surface area contributed by atoms with Gasteiger partial charge in [0.2, 0.25) is 0 Å². The Morgan fingerprint density at radius 3 is 2.68 bits per heavy atom. The molecule has 98 valence electrons. The van der Waals surface area contributed by atoms with Crippen LogP contribution in [0.15, 0.2) is 42.5 Å². The van der Waals surface area contributed by atoms with Crippen molar-refractivity contribution in [3.05, 3.63) is 42.5 Å². The number of carbonyl (C=O) groups is 1. The van der Waals surface area contributed by atoms with Crippen molar-refractivity contribution in [1.82, 2.24) is 5.32 Å². The van der Waals surface area contributed by atoms with E-state index in [1.807, 2.05) is 42.5 Å². The Morgan fingerprint density at radius 2 is 1.89 bits per heavy atom. The standard InChI is InChI=1S/C14H16N4O/c15-13(16)8-9-17-14(19)18-12-7-3-5-10-4-1-2-6-11(10)12/h1-7H,8-9H2,(H3,15,16)(H2,17,18,19). The summed E-state index contributed by atoms with van der Waals surface area (Å²) in [5.41, 5.74) is 5.98. The van der Waals surface area contributed by atoms with E-state index in [1.54, 1.807) is 0 Å². The predicted molar refractivity (Wildman–Crippen MR) is 77.5 cm³/mol. The highest BCUT2D eigenvalue weighted by Crippen LogP contribution is 2.22. The van der Waals surface area contributed by atoms with Crippen molar-refractivity contribution in [1.29, 1.82) is 5.41 Å². The molecule has 0 spiro atoms. The number of benzene rings is 2. The minimum absolute atomic E-state index is 0.0606. The van der Waals surface area contributed by atoms with Crippen LogP contribution in [0.3, 0.4) is 0 Å². The number of rotatable bonds is 4. The third kappa shape index (κ3) is 3.45. The van der Waals surface area contributed by atoms with Crippen LogP contribution in [0.25, 0.3) is 10.8 Å². The summed E-state index contributed by atoms with van der Waals surface area (Å²) in [7, 11) is 0. The Morgan fingerprint density at radius 1 is 1.16 bits per heavy atom. The number of nitrogens with two attached hydrogens (primary N) is 1. The van der Waals surface area contributed by atoms with Gasteiger partial charge in [0.15, 0.2) is 0 Å². The molecule has 0 bridgehead atoms. The molecule has 0 fully saturated rings. The fourth-order valence-corrected chi connectivity index (χ4v) is 1.81. The molecule has 0 aliphatic heterocycles. The lowest BCUT2D eigenvalue weighted by molar-refractivity contribution is 0.252. The highest BCUT2D eigenvalue weighted by Gasteiger charge is 2.04. The first-order chi connectivity index (χ1) is 9.16. The summed E-state index contributed by atoms with van der Waals surface area (Å²) in [4.78, 5) is 11.7. The number of hydrogen-bond acceptors (Lipinski definition) is 2. The molecule has 0 radical (unpaired) electrons. The zero-order valence-corrected chi connectivity index (χ0v) is 10.4. The van der Waals surface area contributed by atoms with E-state index >= 15 is 0 Å². The molecule has 0 aromatic heterocycles. The van der Waals surface area contributed by atoms with E-state index in [9.17, 15) is 4.79 Å². The van der Waals surface area contributed by atoms with Crippen LogP contribution in [0.5, 0.6) is 0 Å². The minimum atomic E-state index is -0.294. The van der Waals surface area contributed by atoms with E-state index in [0.717, 1.165) is 16.5 Å². The molecule has 0 saturated carbocycles. The smallest absolute Gasteiger partial charge is 0.319 e. The normalized spacial score (nSPS) is 10.1. The van der Waals surface area contributed by atoms with E-state index in [4.69, 9.17) is 11.1 Å². The topological polar surface area (TPSA) is 91.0 Å². The van der Waals surface area contributed by atoms with Crippen molar-refractivity contribution in [2.75, 3.05) is 11.9 Å². The van der Waals surface area contributed by atoms with Crippen molar-refractivity contribution in [3.63, 3.8) is 0 Å². The second kappa shape index (κ2) is 5.86. The van der Waals surface area contributed by atoms with Gasteiger partial charge in [-0.3, -0.25) is 5.41 Å². The van der Waals surface area contributed by atoms with E-state index in [1.165, 1.54) is 0 Å². The Kier molecular flexibility index (Phi) is 3.97. The number of carbonyl (C=O) groups excluding carboxylic acids is 1. The average molecular weight is 256 g/mol. The van der Waals surface area contributed by atoms with Crippen molar-refractivity contribution in [3.8, 4) is 0 Å². The van der Waals surface area contributed by atoms with Gasteiger partial charge in [-0.15, -0.1) is 0 Å². The Balaban J connectivity index is 2.05. The molecule has 2 aromatic rings. The lowest BCUT2D eigenvalue weighted by Crippen LogP contribution is -2.31. The van der Waals surface area contributed by atoms with Gasteiger partial charge < -0.3 is 16.4 Å². The molecule has 0 heterocycles. The molecule has 19 heavy (non-hydrogen) atoms. The monoisotopic (exact) mass is 256 g/mol. The van der Waals surface area contributed by atoms with Gasteiger partial charge >= 0.3 is 6.03 Å². The summed E-state index contributed by atoms with van der Waals surface area (Å²) < 4.78 is 0. The first-order valence-corrected chi connectivity index (χ1v) is 6.02. The fraction of sp³-hybridized carbons (Fsp3) is 0.143. The zero-order chi connectivity index (χ0) is 13.7. The summed E-state index contributed by atoms with van der Waals surface area (Å²) in [5, 5.41) is 14.6.